The average molecular weight is 228 g/mol. The molecule has 1 saturated carbocycles. The van der Waals surface area contributed by atoms with Gasteiger partial charge in [-0.2, -0.15) is 0 Å². The molecule has 0 heterocycles. The minimum atomic E-state index is -0.101. The first kappa shape index (κ1) is 13.5. The third-order valence-electron chi connectivity index (χ3n) is 3.42. The van der Waals surface area contributed by atoms with E-state index in [4.69, 9.17) is 5.73 Å². The van der Waals surface area contributed by atoms with Crippen molar-refractivity contribution < 1.29 is 9.90 Å². The number of amides is 1. The van der Waals surface area contributed by atoms with Gasteiger partial charge in [-0.1, -0.05) is 19.3 Å². The smallest absolute Gasteiger partial charge is 0.221 e. The summed E-state index contributed by atoms with van der Waals surface area (Å²) in [5.41, 5.74) is 5.48. The molecule has 0 aromatic rings. The zero-order chi connectivity index (χ0) is 12.0. The second-order valence-electron chi connectivity index (χ2n) is 5.18. The maximum Gasteiger partial charge on any atom is 0.221 e. The molecule has 94 valence electrons. The van der Waals surface area contributed by atoms with E-state index >= 15 is 0 Å². The molecule has 4 N–H and O–H groups in total. The van der Waals surface area contributed by atoms with Gasteiger partial charge < -0.3 is 16.2 Å². The van der Waals surface area contributed by atoms with Gasteiger partial charge in [0.2, 0.25) is 5.91 Å². The van der Waals surface area contributed by atoms with E-state index < -0.39 is 0 Å². The fourth-order valence-corrected chi connectivity index (χ4v) is 2.34. The molecule has 1 amide bonds. The number of aliphatic hydroxyl groups is 1. The monoisotopic (exact) mass is 228 g/mol. The van der Waals surface area contributed by atoms with Crippen LogP contribution in [0, 0.1) is 5.41 Å². The minimum absolute atomic E-state index is 0.00611. The molecule has 1 aliphatic carbocycles. The Hall–Kier alpha value is -0.610. The van der Waals surface area contributed by atoms with Crippen molar-refractivity contribution in [2.75, 3.05) is 13.2 Å². The van der Waals surface area contributed by atoms with Crippen molar-refractivity contribution in [1.29, 1.82) is 0 Å². The Balaban J connectivity index is 2.35. The summed E-state index contributed by atoms with van der Waals surface area (Å²) >= 11 is 0. The molecule has 0 aliphatic heterocycles. The SMILES string of the molecule is CC(N)CC(=O)NCC1(CO)CCCCC1. The van der Waals surface area contributed by atoms with Crippen LogP contribution in [0.25, 0.3) is 0 Å². The van der Waals surface area contributed by atoms with Crippen molar-refractivity contribution in [1.82, 2.24) is 5.32 Å². The van der Waals surface area contributed by atoms with E-state index in [0.717, 1.165) is 25.7 Å². The Labute approximate surface area is 97.6 Å². The summed E-state index contributed by atoms with van der Waals surface area (Å²) < 4.78 is 0. The first-order valence-corrected chi connectivity index (χ1v) is 6.21. The Morgan fingerprint density at radius 2 is 2.06 bits per heavy atom. The topological polar surface area (TPSA) is 75.4 Å². The molecule has 4 nitrogen and oxygen atoms in total. The number of aliphatic hydroxyl groups excluding tert-OH is 1. The summed E-state index contributed by atoms with van der Waals surface area (Å²) in [5.74, 6) is -0.00611. The molecule has 0 spiro atoms. The van der Waals surface area contributed by atoms with E-state index in [-0.39, 0.29) is 24.0 Å². The molecular formula is C12H24N2O2. The number of nitrogens with one attached hydrogen (secondary N) is 1. The molecule has 4 heteroatoms. The van der Waals surface area contributed by atoms with Crippen LogP contribution in [-0.4, -0.2) is 30.2 Å². The highest BCUT2D eigenvalue weighted by Crippen LogP contribution is 2.35. The van der Waals surface area contributed by atoms with E-state index in [1.165, 1.54) is 6.42 Å². The highest BCUT2D eigenvalue weighted by atomic mass is 16.3. The molecule has 0 radical (unpaired) electrons. The van der Waals surface area contributed by atoms with Crippen LogP contribution in [0.2, 0.25) is 0 Å². The molecular weight excluding hydrogens is 204 g/mol. The summed E-state index contributed by atoms with van der Waals surface area (Å²) in [6.45, 7) is 2.59. The Morgan fingerprint density at radius 1 is 1.44 bits per heavy atom. The van der Waals surface area contributed by atoms with Gasteiger partial charge in [-0.15, -0.1) is 0 Å². The summed E-state index contributed by atoms with van der Waals surface area (Å²) in [6, 6.07) is -0.101. The summed E-state index contributed by atoms with van der Waals surface area (Å²) in [5, 5.41) is 12.4. The standard InChI is InChI=1S/C12H24N2O2/c1-10(13)7-11(16)14-8-12(9-15)5-3-2-4-6-12/h10,15H,2-9,13H2,1H3,(H,14,16). The molecule has 1 unspecified atom stereocenters. The van der Waals surface area contributed by atoms with Crippen molar-refractivity contribution in [3.63, 3.8) is 0 Å². The first-order valence-electron chi connectivity index (χ1n) is 6.21. The Kier molecular flexibility index (Phi) is 5.22. The number of hydrogen-bond acceptors (Lipinski definition) is 3. The van der Waals surface area contributed by atoms with Crippen molar-refractivity contribution in [2.45, 2.75) is 51.5 Å². The number of carbonyl (C=O) groups is 1. The Morgan fingerprint density at radius 3 is 2.56 bits per heavy atom. The lowest BCUT2D eigenvalue weighted by Gasteiger charge is -2.35. The van der Waals surface area contributed by atoms with E-state index in [2.05, 4.69) is 5.32 Å². The van der Waals surface area contributed by atoms with Gasteiger partial charge >= 0.3 is 0 Å². The van der Waals surface area contributed by atoms with Crippen molar-refractivity contribution in [3.05, 3.63) is 0 Å². The van der Waals surface area contributed by atoms with Crippen LogP contribution in [-0.2, 0) is 4.79 Å². The average Bonchev–Trinajstić information content (AvgIpc) is 2.27. The largest absolute Gasteiger partial charge is 0.396 e. The van der Waals surface area contributed by atoms with Crippen LogP contribution in [0.15, 0.2) is 0 Å². The lowest BCUT2D eigenvalue weighted by Crippen LogP contribution is -2.42. The maximum absolute atomic E-state index is 11.5. The second-order valence-corrected chi connectivity index (χ2v) is 5.18. The predicted molar refractivity (Wildman–Crippen MR) is 63.9 cm³/mol. The van der Waals surface area contributed by atoms with Gasteiger partial charge in [0.15, 0.2) is 0 Å². The highest BCUT2D eigenvalue weighted by Gasteiger charge is 2.31. The molecule has 1 fully saturated rings. The second kappa shape index (κ2) is 6.21. The van der Waals surface area contributed by atoms with Crippen molar-refractivity contribution >= 4 is 5.91 Å². The summed E-state index contributed by atoms with van der Waals surface area (Å²) in [6.07, 6.45) is 5.95. The molecule has 1 aliphatic rings. The lowest BCUT2D eigenvalue weighted by atomic mass is 9.74. The van der Waals surface area contributed by atoms with Gasteiger partial charge in [-0.3, -0.25) is 4.79 Å². The fourth-order valence-electron chi connectivity index (χ4n) is 2.34. The van der Waals surface area contributed by atoms with E-state index in [0.29, 0.717) is 13.0 Å². The highest BCUT2D eigenvalue weighted by molar-refractivity contribution is 5.76. The van der Waals surface area contributed by atoms with Crippen LogP contribution in [0.3, 0.4) is 0 Å². The van der Waals surface area contributed by atoms with Crippen LogP contribution >= 0.6 is 0 Å². The normalized spacial score (nSPS) is 21.4. The lowest BCUT2D eigenvalue weighted by molar-refractivity contribution is -0.122. The van der Waals surface area contributed by atoms with Crippen molar-refractivity contribution in [3.8, 4) is 0 Å². The van der Waals surface area contributed by atoms with Gasteiger partial charge in [0, 0.05) is 24.4 Å². The molecule has 1 rings (SSSR count). The Bertz CT molecular complexity index is 223. The number of hydrogen-bond donors (Lipinski definition) is 3. The molecule has 0 aromatic carbocycles. The van der Waals surface area contributed by atoms with Gasteiger partial charge in [-0.05, 0) is 19.8 Å². The molecule has 0 aromatic heterocycles. The molecule has 0 bridgehead atoms. The van der Waals surface area contributed by atoms with Crippen LogP contribution in [0.1, 0.15) is 45.4 Å². The minimum Gasteiger partial charge on any atom is -0.396 e. The van der Waals surface area contributed by atoms with Gasteiger partial charge in [0.25, 0.3) is 0 Å². The number of nitrogens with two attached hydrogens (primary N) is 1. The molecule has 1 atom stereocenters. The van der Waals surface area contributed by atoms with Crippen LogP contribution in [0.4, 0.5) is 0 Å². The molecule has 0 saturated heterocycles. The third kappa shape index (κ3) is 4.10. The summed E-state index contributed by atoms with van der Waals surface area (Å²) in [4.78, 5) is 11.5. The maximum atomic E-state index is 11.5. The van der Waals surface area contributed by atoms with Gasteiger partial charge in [0.05, 0.1) is 6.61 Å². The molecule has 16 heavy (non-hydrogen) atoms. The van der Waals surface area contributed by atoms with Crippen LogP contribution < -0.4 is 11.1 Å². The predicted octanol–water partition coefficient (Wildman–Crippen LogP) is 0.783. The summed E-state index contributed by atoms with van der Waals surface area (Å²) in [7, 11) is 0. The van der Waals surface area contributed by atoms with Gasteiger partial charge in [-0.25, -0.2) is 0 Å². The van der Waals surface area contributed by atoms with Gasteiger partial charge in [0.1, 0.15) is 0 Å². The fraction of sp³-hybridized carbons (Fsp3) is 0.917. The van der Waals surface area contributed by atoms with E-state index in [9.17, 15) is 9.90 Å². The number of rotatable bonds is 5. The van der Waals surface area contributed by atoms with Crippen LogP contribution in [0.5, 0.6) is 0 Å². The zero-order valence-electron chi connectivity index (χ0n) is 10.2. The van der Waals surface area contributed by atoms with Crippen molar-refractivity contribution in [2.24, 2.45) is 11.1 Å². The zero-order valence-corrected chi connectivity index (χ0v) is 10.2. The third-order valence-corrected chi connectivity index (χ3v) is 3.42. The van der Waals surface area contributed by atoms with E-state index in [1.54, 1.807) is 0 Å². The quantitative estimate of drug-likeness (QED) is 0.651. The first-order chi connectivity index (χ1) is 7.58. The van der Waals surface area contributed by atoms with E-state index in [1.807, 2.05) is 6.92 Å². The number of carbonyl (C=O) groups excluding carboxylic acids is 1.